The third-order valence-electron chi connectivity index (χ3n) is 3.14. The molecule has 0 bridgehead atoms. The summed E-state index contributed by atoms with van der Waals surface area (Å²) in [6, 6.07) is 9.63. The van der Waals surface area contributed by atoms with Crippen LogP contribution < -0.4 is 5.73 Å². The molecular formula is C14H23N3O3. The molecule has 6 heteroatoms. The van der Waals surface area contributed by atoms with Crippen LogP contribution in [0.5, 0.6) is 0 Å². The molecule has 6 nitrogen and oxygen atoms in total. The average molecular weight is 281 g/mol. The number of hydrogen-bond donors (Lipinski definition) is 3. The minimum absolute atomic E-state index is 0.0569. The molecule has 0 heterocycles. The number of nitrogens with zero attached hydrogens (tertiary/aromatic N) is 2. The van der Waals surface area contributed by atoms with Crippen LogP contribution in [-0.2, 0) is 4.74 Å². The lowest BCUT2D eigenvalue weighted by Gasteiger charge is -2.26. The van der Waals surface area contributed by atoms with Crippen LogP contribution in [0.4, 0.5) is 0 Å². The first kappa shape index (κ1) is 16.4. The highest BCUT2D eigenvalue weighted by molar-refractivity contribution is 5.87. The Kier molecular flexibility index (Phi) is 7.64. The third-order valence-corrected chi connectivity index (χ3v) is 3.14. The van der Waals surface area contributed by atoms with Crippen LogP contribution in [0, 0.1) is 0 Å². The molecule has 0 amide bonds. The van der Waals surface area contributed by atoms with E-state index in [0.29, 0.717) is 26.2 Å². The Morgan fingerprint density at radius 2 is 2.05 bits per heavy atom. The molecule has 0 aliphatic carbocycles. The predicted octanol–water partition coefficient (Wildman–Crippen LogP) is 0.457. The smallest absolute Gasteiger partial charge is 0.147 e. The van der Waals surface area contributed by atoms with E-state index in [9.17, 15) is 0 Å². The highest BCUT2D eigenvalue weighted by atomic mass is 16.5. The zero-order chi connectivity index (χ0) is 14.8. The summed E-state index contributed by atoms with van der Waals surface area (Å²) in [7, 11) is 1.63. The molecule has 1 atom stereocenters. The van der Waals surface area contributed by atoms with E-state index < -0.39 is 0 Å². The molecule has 0 radical (unpaired) electrons. The fraction of sp³-hybridized carbons (Fsp3) is 0.500. The van der Waals surface area contributed by atoms with Crippen molar-refractivity contribution >= 4 is 5.84 Å². The fourth-order valence-electron chi connectivity index (χ4n) is 2.04. The second-order valence-electron chi connectivity index (χ2n) is 4.51. The molecule has 0 saturated carbocycles. The van der Waals surface area contributed by atoms with Crippen LogP contribution in [0.1, 0.15) is 11.5 Å². The molecule has 4 N–H and O–H groups in total. The number of rotatable bonds is 9. The van der Waals surface area contributed by atoms with Crippen molar-refractivity contribution < 1.29 is 15.1 Å². The standard InChI is InChI=1S/C14H23N3O3/c1-20-10-8-17(7-9-18)11-13(14(15)16-19)12-5-3-2-4-6-12/h2-6,13,18-19H,7-11H2,1H3,(H2,15,16). The second-order valence-corrected chi connectivity index (χ2v) is 4.51. The van der Waals surface area contributed by atoms with Gasteiger partial charge in [-0.05, 0) is 5.56 Å². The average Bonchev–Trinajstić information content (AvgIpc) is 2.50. The van der Waals surface area contributed by atoms with Crippen LogP contribution >= 0.6 is 0 Å². The maximum atomic E-state index is 9.12. The molecule has 1 rings (SSSR count). The van der Waals surface area contributed by atoms with Crippen LogP contribution in [-0.4, -0.2) is 61.0 Å². The van der Waals surface area contributed by atoms with Gasteiger partial charge >= 0.3 is 0 Å². The first-order valence-electron chi connectivity index (χ1n) is 6.57. The Morgan fingerprint density at radius 3 is 2.60 bits per heavy atom. The number of aliphatic hydroxyl groups excluding tert-OH is 1. The minimum atomic E-state index is -0.218. The van der Waals surface area contributed by atoms with Crippen LogP contribution in [0.15, 0.2) is 35.5 Å². The molecule has 1 aromatic rings. The van der Waals surface area contributed by atoms with E-state index in [1.165, 1.54) is 0 Å². The number of hydrogen-bond acceptors (Lipinski definition) is 5. The highest BCUT2D eigenvalue weighted by Crippen LogP contribution is 2.17. The summed E-state index contributed by atoms with van der Waals surface area (Å²) in [4.78, 5) is 2.03. The molecule has 0 spiro atoms. The van der Waals surface area contributed by atoms with Gasteiger partial charge in [0.25, 0.3) is 0 Å². The Morgan fingerprint density at radius 1 is 1.35 bits per heavy atom. The number of aliphatic hydroxyl groups is 1. The van der Waals surface area contributed by atoms with Crippen LogP contribution in [0.25, 0.3) is 0 Å². The zero-order valence-electron chi connectivity index (χ0n) is 11.8. The van der Waals surface area contributed by atoms with Crippen molar-refractivity contribution in [2.24, 2.45) is 10.9 Å². The van der Waals surface area contributed by atoms with E-state index in [2.05, 4.69) is 5.16 Å². The van der Waals surface area contributed by atoms with Crippen molar-refractivity contribution in [3.8, 4) is 0 Å². The van der Waals surface area contributed by atoms with Crippen molar-refractivity contribution in [2.75, 3.05) is 40.0 Å². The van der Waals surface area contributed by atoms with E-state index in [1.807, 2.05) is 35.2 Å². The fourth-order valence-corrected chi connectivity index (χ4v) is 2.04. The van der Waals surface area contributed by atoms with Crippen molar-refractivity contribution in [1.82, 2.24) is 4.90 Å². The van der Waals surface area contributed by atoms with Gasteiger partial charge in [0.05, 0.1) is 19.1 Å². The molecule has 0 aliphatic rings. The number of ether oxygens (including phenoxy) is 1. The van der Waals surface area contributed by atoms with Gasteiger partial charge in [0.1, 0.15) is 5.84 Å². The lowest BCUT2D eigenvalue weighted by atomic mass is 9.97. The summed E-state index contributed by atoms with van der Waals surface area (Å²) < 4.78 is 5.06. The van der Waals surface area contributed by atoms with Crippen LogP contribution in [0.2, 0.25) is 0 Å². The van der Waals surface area contributed by atoms with Gasteiger partial charge in [-0.1, -0.05) is 35.5 Å². The minimum Gasteiger partial charge on any atom is -0.409 e. The SMILES string of the molecule is COCCN(CCO)CC(/C(N)=N/O)c1ccccc1. The Hall–Kier alpha value is -1.63. The lowest BCUT2D eigenvalue weighted by molar-refractivity contribution is 0.130. The van der Waals surface area contributed by atoms with Gasteiger partial charge in [0, 0.05) is 26.7 Å². The van der Waals surface area contributed by atoms with Crippen molar-refractivity contribution in [3.63, 3.8) is 0 Å². The Labute approximate surface area is 119 Å². The van der Waals surface area contributed by atoms with E-state index in [1.54, 1.807) is 7.11 Å². The summed E-state index contributed by atoms with van der Waals surface area (Å²) in [6.07, 6.45) is 0. The van der Waals surface area contributed by atoms with Crippen molar-refractivity contribution in [2.45, 2.75) is 5.92 Å². The van der Waals surface area contributed by atoms with Gasteiger partial charge in [-0.3, -0.25) is 4.90 Å². The largest absolute Gasteiger partial charge is 0.409 e. The molecule has 0 fully saturated rings. The van der Waals surface area contributed by atoms with Gasteiger partial charge in [0.15, 0.2) is 0 Å². The van der Waals surface area contributed by atoms with E-state index in [-0.39, 0.29) is 18.4 Å². The summed E-state index contributed by atoms with van der Waals surface area (Å²) in [5, 5.41) is 21.2. The molecule has 1 aromatic carbocycles. The van der Waals surface area contributed by atoms with Crippen LogP contribution in [0.3, 0.4) is 0 Å². The Bertz CT molecular complexity index is 398. The maximum Gasteiger partial charge on any atom is 0.147 e. The number of amidine groups is 1. The summed E-state index contributed by atoms with van der Waals surface area (Å²) in [5.41, 5.74) is 6.78. The van der Waals surface area contributed by atoms with Gasteiger partial charge in [-0.25, -0.2) is 0 Å². The highest BCUT2D eigenvalue weighted by Gasteiger charge is 2.20. The number of methoxy groups -OCH3 is 1. The van der Waals surface area contributed by atoms with E-state index in [4.69, 9.17) is 20.8 Å². The maximum absolute atomic E-state index is 9.12. The van der Waals surface area contributed by atoms with E-state index >= 15 is 0 Å². The zero-order valence-corrected chi connectivity index (χ0v) is 11.8. The number of nitrogens with two attached hydrogens (primary N) is 1. The number of oxime groups is 1. The van der Waals surface area contributed by atoms with Gasteiger partial charge < -0.3 is 20.8 Å². The first-order chi connectivity index (χ1) is 9.72. The molecule has 20 heavy (non-hydrogen) atoms. The van der Waals surface area contributed by atoms with Gasteiger partial charge in [0.2, 0.25) is 0 Å². The first-order valence-corrected chi connectivity index (χ1v) is 6.57. The monoisotopic (exact) mass is 281 g/mol. The Balaban J connectivity index is 2.82. The normalized spacial score (nSPS) is 13.7. The molecule has 0 saturated heterocycles. The van der Waals surface area contributed by atoms with E-state index in [0.717, 1.165) is 5.56 Å². The molecule has 0 aliphatic heterocycles. The summed E-state index contributed by atoms with van der Waals surface area (Å²) in [6.45, 7) is 2.38. The molecule has 1 unspecified atom stereocenters. The quantitative estimate of drug-likeness (QED) is 0.265. The van der Waals surface area contributed by atoms with Crippen molar-refractivity contribution in [3.05, 3.63) is 35.9 Å². The second kappa shape index (κ2) is 9.30. The predicted molar refractivity (Wildman–Crippen MR) is 78.0 cm³/mol. The van der Waals surface area contributed by atoms with Crippen molar-refractivity contribution in [1.29, 1.82) is 0 Å². The summed E-state index contributed by atoms with van der Waals surface area (Å²) >= 11 is 0. The molecule has 112 valence electrons. The number of benzene rings is 1. The molecule has 0 aromatic heterocycles. The lowest BCUT2D eigenvalue weighted by Crippen LogP contribution is -2.38. The van der Waals surface area contributed by atoms with Gasteiger partial charge in [-0.15, -0.1) is 0 Å². The third kappa shape index (κ3) is 5.16. The molecular weight excluding hydrogens is 258 g/mol. The van der Waals surface area contributed by atoms with Gasteiger partial charge in [-0.2, -0.15) is 0 Å². The summed E-state index contributed by atoms with van der Waals surface area (Å²) in [5.74, 6) is -0.0545. The topological polar surface area (TPSA) is 91.3 Å².